The van der Waals surface area contributed by atoms with Crippen LogP contribution in [0.3, 0.4) is 0 Å². The van der Waals surface area contributed by atoms with Gasteiger partial charge in [0, 0.05) is 24.7 Å². The Kier molecular flexibility index (Phi) is 7.11. The van der Waals surface area contributed by atoms with Crippen LogP contribution < -0.4 is 5.32 Å². The fourth-order valence-electron chi connectivity index (χ4n) is 6.05. The zero-order chi connectivity index (χ0) is 25.5. The van der Waals surface area contributed by atoms with Crippen molar-refractivity contribution in [2.24, 2.45) is 23.7 Å². The van der Waals surface area contributed by atoms with E-state index in [1.165, 1.54) is 0 Å². The summed E-state index contributed by atoms with van der Waals surface area (Å²) in [5, 5.41) is 19.9. The van der Waals surface area contributed by atoms with Crippen LogP contribution in [0, 0.1) is 23.7 Å². The van der Waals surface area contributed by atoms with Crippen LogP contribution in [0.2, 0.25) is 0 Å². The molecule has 5 rings (SSSR count). The summed E-state index contributed by atoms with van der Waals surface area (Å²) < 4.78 is 18.0. The molecule has 0 aromatic rings. The Bertz CT molecular complexity index is 880. The third-order valence-corrected chi connectivity index (χ3v) is 7.91. The van der Waals surface area contributed by atoms with Gasteiger partial charge < -0.3 is 29.7 Å². The standard InChI is InChI=1S/C23H33NO11/c1-11-4-5-14-12(2)20(32-21-23(14)13(11)8-9-22(3,33-21)34-35-23)31-18(28)7-6-16(25)24-15(19(29)30)10-17(26)27/h11-15,20-21H,4-10H2,1-3H3,(H,24,25)(H,26,27)(H,29,30)/t11-,12-,13+,14+,15+,20-,21-,22+,23?/m1/s1. The molecule has 0 radical (unpaired) electrons. The van der Waals surface area contributed by atoms with Gasteiger partial charge in [-0.25, -0.2) is 14.6 Å². The van der Waals surface area contributed by atoms with Crippen LogP contribution in [0.25, 0.3) is 0 Å². The van der Waals surface area contributed by atoms with Crippen LogP contribution in [0.4, 0.5) is 0 Å². The molecule has 0 aromatic carbocycles. The van der Waals surface area contributed by atoms with Gasteiger partial charge in [0.05, 0.1) is 12.8 Å². The third-order valence-electron chi connectivity index (χ3n) is 7.91. The second kappa shape index (κ2) is 9.64. The molecule has 1 spiro atoms. The molecule has 1 amide bonds. The van der Waals surface area contributed by atoms with Gasteiger partial charge in [0.15, 0.2) is 11.9 Å². The molecule has 4 heterocycles. The number of ether oxygens (including phenoxy) is 3. The van der Waals surface area contributed by atoms with Crippen molar-refractivity contribution >= 4 is 23.8 Å². The van der Waals surface area contributed by atoms with Crippen molar-refractivity contribution in [3.05, 3.63) is 0 Å². The minimum Gasteiger partial charge on any atom is -0.481 e. The lowest BCUT2D eigenvalue weighted by atomic mass is 9.58. The van der Waals surface area contributed by atoms with Gasteiger partial charge in [-0.3, -0.25) is 14.4 Å². The van der Waals surface area contributed by atoms with E-state index in [-0.39, 0.29) is 30.6 Å². The minimum absolute atomic E-state index is 0.0291. The van der Waals surface area contributed by atoms with Gasteiger partial charge in [-0.05, 0) is 38.0 Å². The van der Waals surface area contributed by atoms with Crippen molar-refractivity contribution in [1.29, 1.82) is 0 Å². The molecule has 196 valence electrons. The van der Waals surface area contributed by atoms with Crippen LogP contribution in [-0.4, -0.2) is 64.0 Å². The summed E-state index contributed by atoms with van der Waals surface area (Å²) in [5.41, 5.74) is -0.786. The highest BCUT2D eigenvalue weighted by Gasteiger charge is 2.69. The highest BCUT2D eigenvalue weighted by Crippen LogP contribution is 2.60. The smallest absolute Gasteiger partial charge is 0.326 e. The van der Waals surface area contributed by atoms with Crippen molar-refractivity contribution in [2.75, 3.05) is 0 Å². The fraction of sp³-hybridized carbons (Fsp3) is 0.826. The second-order valence-corrected chi connectivity index (χ2v) is 10.3. The first-order valence-corrected chi connectivity index (χ1v) is 12.1. The SMILES string of the molecule is C[C@H]1[C@H](OC(=O)CCC(=O)N[C@@H](CC(=O)O)C(=O)O)O[C@@H]2O[C@]3(C)CC[C@H]4[C@H](C)CC[C@@H]1C24OO3. The second-order valence-electron chi connectivity index (χ2n) is 10.3. The van der Waals surface area contributed by atoms with E-state index in [2.05, 4.69) is 12.2 Å². The molecule has 1 unspecified atom stereocenters. The summed E-state index contributed by atoms with van der Waals surface area (Å²) in [6.45, 7) is 5.93. The van der Waals surface area contributed by atoms with Crippen LogP contribution in [0.15, 0.2) is 0 Å². The largest absolute Gasteiger partial charge is 0.481 e. The Hall–Kier alpha value is -2.28. The van der Waals surface area contributed by atoms with Crippen molar-refractivity contribution in [2.45, 2.75) is 95.7 Å². The molecule has 9 atom stereocenters. The lowest BCUT2D eigenvalue weighted by Gasteiger charge is -2.59. The quantitative estimate of drug-likeness (QED) is 0.327. The van der Waals surface area contributed by atoms with Crippen LogP contribution in [-0.2, 0) is 43.2 Å². The Morgan fingerprint density at radius 2 is 1.80 bits per heavy atom. The van der Waals surface area contributed by atoms with Gasteiger partial charge in [-0.15, -0.1) is 0 Å². The van der Waals surface area contributed by atoms with Gasteiger partial charge in [0.2, 0.25) is 18.0 Å². The number of carbonyl (C=O) groups is 4. The Labute approximate surface area is 202 Å². The summed E-state index contributed by atoms with van der Waals surface area (Å²) >= 11 is 0. The number of carbonyl (C=O) groups excluding carboxylic acids is 2. The van der Waals surface area contributed by atoms with Gasteiger partial charge >= 0.3 is 17.9 Å². The van der Waals surface area contributed by atoms with Gasteiger partial charge in [0.1, 0.15) is 6.04 Å². The highest BCUT2D eigenvalue weighted by molar-refractivity contribution is 5.88. The maximum absolute atomic E-state index is 12.5. The number of hydrogen-bond acceptors (Lipinski definition) is 9. The van der Waals surface area contributed by atoms with Gasteiger partial charge in [0.25, 0.3) is 0 Å². The molecule has 3 N–H and O–H groups in total. The van der Waals surface area contributed by atoms with Crippen molar-refractivity contribution in [3.8, 4) is 0 Å². The molecule has 35 heavy (non-hydrogen) atoms. The van der Waals surface area contributed by atoms with E-state index in [1.54, 1.807) is 6.92 Å². The van der Waals surface area contributed by atoms with Crippen molar-refractivity contribution < 1.29 is 53.4 Å². The summed E-state index contributed by atoms with van der Waals surface area (Å²) in [4.78, 5) is 58.3. The summed E-state index contributed by atoms with van der Waals surface area (Å²) in [6.07, 6.45) is 0.226. The molecule has 12 heteroatoms. The molecule has 5 fully saturated rings. The number of esters is 1. The lowest BCUT2D eigenvalue weighted by molar-refractivity contribution is -0.576. The van der Waals surface area contributed by atoms with E-state index in [0.717, 1.165) is 19.3 Å². The van der Waals surface area contributed by atoms with E-state index in [0.29, 0.717) is 12.3 Å². The van der Waals surface area contributed by atoms with E-state index >= 15 is 0 Å². The predicted octanol–water partition coefficient (Wildman–Crippen LogP) is 1.56. The van der Waals surface area contributed by atoms with Crippen LogP contribution >= 0.6 is 0 Å². The molecule has 1 aliphatic carbocycles. The number of amides is 1. The molecule has 2 bridgehead atoms. The minimum atomic E-state index is -1.58. The predicted molar refractivity (Wildman–Crippen MR) is 114 cm³/mol. The molecular weight excluding hydrogens is 466 g/mol. The maximum atomic E-state index is 12.5. The number of carboxylic acids is 2. The average Bonchev–Trinajstić information content (AvgIpc) is 3.01. The van der Waals surface area contributed by atoms with E-state index in [1.807, 2.05) is 6.92 Å². The average molecular weight is 500 g/mol. The van der Waals surface area contributed by atoms with Crippen molar-refractivity contribution in [3.63, 3.8) is 0 Å². The molecule has 4 aliphatic heterocycles. The number of aliphatic carboxylic acids is 2. The lowest BCUT2D eigenvalue weighted by Crippen LogP contribution is -2.70. The normalized spacial score (nSPS) is 40.7. The number of nitrogens with one attached hydrogen (secondary N) is 1. The molecule has 1 saturated carbocycles. The molecule has 12 nitrogen and oxygen atoms in total. The first-order valence-electron chi connectivity index (χ1n) is 12.1. The number of rotatable bonds is 8. The Morgan fingerprint density at radius 3 is 2.49 bits per heavy atom. The maximum Gasteiger partial charge on any atom is 0.326 e. The molecule has 0 aromatic heterocycles. The van der Waals surface area contributed by atoms with Gasteiger partial charge in [-0.1, -0.05) is 13.8 Å². The van der Waals surface area contributed by atoms with E-state index in [9.17, 15) is 19.2 Å². The Balaban J connectivity index is 1.38. The number of carboxylic acid groups (broad SMARTS) is 2. The highest BCUT2D eigenvalue weighted by atomic mass is 17.3. The van der Waals surface area contributed by atoms with Gasteiger partial charge in [-0.2, -0.15) is 0 Å². The first-order chi connectivity index (χ1) is 16.4. The number of hydrogen-bond donors (Lipinski definition) is 3. The van der Waals surface area contributed by atoms with E-state index < -0.39 is 60.2 Å². The fourth-order valence-corrected chi connectivity index (χ4v) is 6.05. The molecule has 4 saturated heterocycles. The zero-order valence-corrected chi connectivity index (χ0v) is 20.1. The molecule has 5 aliphatic rings. The van der Waals surface area contributed by atoms with Crippen LogP contribution in [0.5, 0.6) is 0 Å². The summed E-state index contributed by atoms with van der Waals surface area (Å²) in [7, 11) is 0. The van der Waals surface area contributed by atoms with Crippen LogP contribution in [0.1, 0.15) is 65.7 Å². The number of fused-ring (bicyclic) bond motifs is 2. The third kappa shape index (κ3) is 4.89. The Morgan fingerprint density at radius 1 is 1.06 bits per heavy atom. The van der Waals surface area contributed by atoms with E-state index in [4.69, 9.17) is 34.2 Å². The first kappa shape index (κ1) is 25.8. The monoisotopic (exact) mass is 499 g/mol. The topological polar surface area (TPSA) is 167 Å². The summed E-state index contributed by atoms with van der Waals surface area (Å²) in [6, 6.07) is -1.58. The van der Waals surface area contributed by atoms with Crippen molar-refractivity contribution in [1.82, 2.24) is 5.32 Å². The zero-order valence-electron chi connectivity index (χ0n) is 20.1. The summed E-state index contributed by atoms with van der Waals surface area (Å²) in [5.74, 6) is -4.94. The molecular formula is C23H33NO11.